The third kappa shape index (κ3) is 2.51. The number of aliphatic carboxylic acids is 1. The maximum atomic E-state index is 12.7. The number of carboxylic acid groups (broad SMARTS) is 1. The minimum absolute atomic E-state index is 0.108. The molecule has 0 radical (unpaired) electrons. The first-order chi connectivity index (χ1) is 10.1. The van der Waals surface area contributed by atoms with Crippen LogP contribution in [0.2, 0.25) is 0 Å². The molecule has 1 aliphatic carbocycles. The lowest BCUT2D eigenvalue weighted by molar-refractivity contribution is -0.323. The zero-order valence-corrected chi connectivity index (χ0v) is 13.9. The molecule has 0 aliphatic heterocycles. The fraction of sp³-hybridized carbons (Fsp3) is 0.556. The van der Waals surface area contributed by atoms with E-state index in [9.17, 15) is 14.7 Å². The Morgan fingerprint density at radius 3 is 2.41 bits per heavy atom. The predicted octanol–water partition coefficient (Wildman–Crippen LogP) is 2.43. The Kier molecular flexibility index (Phi) is 4.07. The number of hydrogen-bond acceptors (Lipinski definition) is 3. The van der Waals surface area contributed by atoms with Crippen molar-refractivity contribution in [3.05, 3.63) is 29.3 Å². The number of benzene rings is 1. The van der Waals surface area contributed by atoms with Gasteiger partial charge >= 0.3 is 0 Å². The number of carboxylic acids is 1. The summed E-state index contributed by atoms with van der Waals surface area (Å²) in [5, 5.41) is 14.5. The first kappa shape index (κ1) is 16.5. The molecule has 2 rings (SSSR count). The van der Waals surface area contributed by atoms with Crippen LogP contribution in [0.4, 0.5) is 5.69 Å². The van der Waals surface area contributed by atoms with Gasteiger partial charge in [-0.15, -0.1) is 0 Å². The van der Waals surface area contributed by atoms with Gasteiger partial charge in [0.1, 0.15) is 0 Å². The van der Waals surface area contributed by atoms with Crippen LogP contribution in [0.25, 0.3) is 0 Å². The Hall–Kier alpha value is -1.84. The zero-order chi connectivity index (χ0) is 16.7. The molecular weight excluding hydrogens is 278 g/mol. The third-order valence-corrected chi connectivity index (χ3v) is 5.64. The Labute approximate surface area is 131 Å². The average Bonchev–Trinajstić information content (AvgIpc) is 2.66. The molecule has 2 atom stereocenters. The Bertz CT molecular complexity index is 621. The Balaban J connectivity index is 2.24. The zero-order valence-electron chi connectivity index (χ0n) is 13.9. The summed E-state index contributed by atoms with van der Waals surface area (Å²) in [7, 11) is 0. The van der Waals surface area contributed by atoms with E-state index < -0.39 is 16.8 Å². The summed E-state index contributed by atoms with van der Waals surface area (Å²) in [6.45, 7) is 9.31. The second-order valence-electron chi connectivity index (χ2n) is 7.24. The molecule has 0 saturated heterocycles. The van der Waals surface area contributed by atoms with Crippen molar-refractivity contribution in [3.8, 4) is 0 Å². The number of amides is 1. The first-order valence-corrected chi connectivity index (χ1v) is 7.69. The highest BCUT2D eigenvalue weighted by Crippen LogP contribution is 2.55. The fourth-order valence-corrected chi connectivity index (χ4v) is 3.41. The molecular formula is C18H24NO3-. The van der Waals surface area contributed by atoms with Crippen molar-refractivity contribution in [1.82, 2.24) is 0 Å². The summed E-state index contributed by atoms with van der Waals surface area (Å²) >= 11 is 0. The maximum absolute atomic E-state index is 12.7. The SMILES string of the molecule is Cc1ccc(C)c(NC(=O)[C@@H]2CC[C@](C)(C(=O)[O-])C2(C)C)c1. The number of nitrogens with one attached hydrogen (secondary N) is 1. The topological polar surface area (TPSA) is 69.2 Å². The minimum Gasteiger partial charge on any atom is -0.550 e. The van der Waals surface area contributed by atoms with E-state index in [-0.39, 0.29) is 11.8 Å². The number of carbonyl (C=O) groups is 2. The lowest BCUT2D eigenvalue weighted by Crippen LogP contribution is -2.49. The van der Waals surface area contributed by atoms with Gasteiger partial charge < -0.3 is 15.2 Å². The molecule has 1 saturated carbocycles. The molecule has 1 aliphatic rings. The molecule has 1 N–H and O–H groups in total. The van der Waals surface area contributed by atoms with E-state index in [1.54, 1.807) is 6.92 Å². The van der Waals surface area contributed by atoms with E-state index in [1.165, 1.54) is 0 Å². The predicted molar refractivity (Wildman–Crippen MR) is 84.2 cm³/mol. The van der Waals surface area contributed by atoms with Crippen LogP contribution in [0.1, 0.15) is 44.7 Å². The maximum Gasteiger partial charge on any atom is 0.228 e. The van der Waals surface area contributed by atoms with E-state index in [2.05, 4.69) is 5.32 Å². The summed E-state index contributed by atoms with van der Waals surface area (Å²) in [6.07, 6.45) is 1.03. The second kappa shape index (κ2) is 5.41. The van der Waals surface area contributed by atoms with Crippen molar-refractivity contribution in [3.63, 3.8) is 0 Å². The van der Waals surface area contributed by atoms with E-state index in [4.69, 9.17) is 0 Å². The molecule has 120 valence electrons. The number of carbonyl (C=O) groups excluding carboxylic acids is 2. The summed E-state index contributed by atoms with van der Waals surface area (Å²) in [5.41, 5.74) is 1.25. The molecule has 4 nitrogen and oxygen atoms in total. The van der Waals surface area contributed by atoms with Gasteiger partial charge in [-0.25, -0.2) is 0 Å². The summed E-state index contributed by atoms with van der Waals surface area (Å²) in [6, 6.07) is 5.90. The monoisotopic (exact) mass is 302 g/mol. The normalized spacial score (nSPS) is 26.7. The van der Waals surface area contributed by atoms with Gasteiger partial charge in [0, 0.05) is 23.0 Å². The molecule has 0 aromatic heterocycles. The van der Waals surface area contributed by atoms with Gasteiger partial charge in [0.05, 0.1) is 0 Å². The van der Waals surface area contributed by atoms with Gasteiger partial charge in [-0.2, -0.15) is 0 Å². The number of rotatable bonds is 3. The second-order valence-corrected chi connectivity index (χ2v) is 7.24. The van der Waals surface area contributed by atoms with Gasteiger partial charge in [0.15, 0.2) is 0 Å². The summed E-state index contributed by atoms with van der Waals surface area (Å²) in [4.78, 5) is 24.2. The quantitative estimate of drug-likeness (QED) is 0.932. The molecule has 1 amide bonds. The van der Waals surface area contributed by atoms with E-state index in [1.807, 2.05) is 45.9 Å². The lowest BCUT2D eigenvalue weighted by Gasteiger charge is -2.42. The van der Waals surface area contributed by atoms with Crippen molar-refractivity contribution >= 4 is 17.6 Å². The molecule has 0 unspecified atom stereocenters. The van der Waals surface area contributed by atoms with Gasteiger partial charge in [-0.3, -0.25) is 4.79 Å². The van der Waals surface area contributed by atoms with Crippen molar-refractivity contribution in [2.75, 3.05) is 5.32 Å². The molecule has 1 aromatic carbocycles. The van der Waals surface area contributed by atoms with Crippen LogP contribution in [0.5, 0.6) is 0 Å². The summed E-state index contributed by atoms with van der Waals surface area (Å²) in [5.74, 6) is -1.52. The molecule has 0 heterocycles. The van der Waals surface area contributed by atoms with Crippen LogP contribution in [-0.4, -0.2) is 11.9 Å². The van der Waals surface area contributed by atoms with Crippen molar-refractivity contribution < 1.29 is 14.7 Å². The van der Waals surface area contributed by atoms with Gasteiger partial charge in [-0.1, -0.05) is 32.9 Å². The molecule has 0 spiro atoms. The molecule has 22 heavy (non-hydrogen) atoms. The number of hydrogen-bond donors (Lipinski definition) is 1. The molecule has 1 fully saturated rings. The van der Waals surface area contributed by atoms with Crippen molar-refractivity contribution in [2.24, 2.45) is 16.7 Å². The van der Waals surface area contributed by atoms with Crippen molar-refractivity contribution in [1.29, 1.82) is 0 Å². The smallest absolute Gasteiger partial charge is 0.228 e. The van der Waals surface area contributed by atoms with Crippen LogP contribution >= 0.6 is 0 Å². The number of aryl methyl sites for hydroxylation is 2. The van der Waals surface area contributed by atoms with Crippen LogP contribution < -0.4 is 10.4 Å². The molecule has 0 bridgehead atoms. The average molecular weight is 302 g/mol. The highest BCUT2D eigenvalue weighted by atomic mass is 16.4. The third-order valence-electron chi connectivity index (χ3n) is 5.64. The Morgan fingerprint density at radius 2 is 1.86 bits per heavy atom. The minimum atomic E-state index is -1.07. The van der Waals surface area contributed by atoms with Crippen LogP contribution in [0.15, 0.2) is 18.2 Å². The Morgan fingerprint density at radius 1 is 1.23 bits per heavy atom. The van der Waals surface area contributed by atoms with Crippen LogP contribution in [0, 0.1) is 30.6 Å². The highest BCUT2D eigenvalue weighted by Gasteiger charge is 2.54. The highest BCUT2D eigenvalue weighted by molar-refractivity contribution is 5.95. The van der Waals surface area contributed by atoms with E-state index in [0.717, 1.165) is 16.8 Å². The fourth-order valence-electron chi connectivity index (χ4n) is 3.41. The van der Waals surface area contributed by atoms with Gasteiger partial charge in [0.25, 0.3) is 0 Å². The van der Waals surface area contributed by atoms with E-state index >= 15 is 0 Å². The largest absolute Gasteiger partial charge is 0.550 e. The standard InChI is InChI=1S/C18H25NO3/c1-11-6-7-12(2)14(10-11)19-15(20)13-8-9-18(5,16(21)22)17(13,3)4/h6-7,10,13H,8-9H2,1-5H3,(H,19,20)(H,21,22)/p-1/t13-,18+/m0/s1. The van der Waals surface area contributed by atoms with E-state index in [0.29, 0.717) is 12.8 Å². The van der Waals surface area contributed by atoms with Gasteiger partial charge in [-0.05, 0) is 49.3 Å². The van der Waals surface area contributed by atoms with Gasteiger partial charge in [0.2, 0.25) is 5.91 Å². The summed E-state index contributed by atoms with van der Waals surface area (Å²) < 4.78 is 0. The molecule has 1 aromatic rings. The van der Waals surface area contributed by atoms with Crippen LogP contribution in [0.3, 0.4) is 0 Å². The van der Waals surface area contributed by atoms with Crippen LogP contribution in [-0.2, 0) is 9.59 Å². The lowest BCUT2D eigenvalue weighted by atomic mass is 9.65. The van der Waals surface area contributed by atoms with Crippen molar-refractivity contribution in [2.45, 2.75) is 47.5 Å². The number of anilines is 1. The molecule has 4 heteroatoms. The first-order valence-electron chi connectivity index (χ1n) is 7.69.